The molecule has 0 amide bonds. The van der Waals surface area contributed by atoms with E-state index in [0.29, 0.717) is 0 Å². The molecular weight excluding hydrogens is 200 g/mol. The van der Waals surface area contributed by atoms with Crippen LogP contribution in [0.1, 0.15) is 38.9 Å². The third-order valence-corrected chi connectivity index (χ3v) is 2.34. The summed E-state index contributed by atoms with van der Waals surface area (Å²) in [6, 6.07) is 9.81. The molecule has 1 rings (SSSR count). The minimum Gasteiger partial charge on any atom is -0.457 e. The first-order valence-corrected chi connectivity index (χ1v) is 5.49. The molecule has 0 N–H and O–H groups in total. The van der Waals surface area contributed by atoms with E-state index in [-0.39, 0.29) is 23.9 Å². The molecule has 1 aromatic rings. The number of carbonyl (C=O) groups excluding carboxylic acids is 1. The van der Waals surface area contributed by atoms with E-state index in [9.17, 15) is 4.79 Å². The van der Waals surface area contributed by atoms with Crippen LogP contribution in [0.4, 0.5) is 0 Å². The minimum absolute atomic E-state index is 0.119. The van der Waals surface area contributed by atoms with Crippen molar-refractivity contribution in [2.24, 2.45) is 5.41 Å². The van der Waals surface area contributed by atoms with Crippen LogP contribution in [-0.2, 0) is 9.53 Å². The van der Waals surface area contributed by atoms with Gasteiger partial charge >= 0.3 is 5.97 Å². The average molecular weight is 219 g/mol. The molecule has 0 bridgehead atoms. The fourth-order valence-corrected chi connectivity index (χ4v) is 1.56. The standard InChI is InChI=1S/C14H19O2/c1-5-12(15)16-13(14(2,3)4)11-9-7-6-8-10-11/h6-10,13H,1,5H2,2-4H3. The van der Waals surface area contributed by atoms with Crippen molar-refractivity contribution in [2.75, 3.05) is 0 Å². The third-order valence-electron chi connectivity index (χ3n) is 2.34. The van der Waals surface area contributed by atoms with Gasteiger partial charge in [0.2, 0.25) is 0 Å². The maximum absolute atomic E-state index is 11.4. The van der Waals surface area contributed by atoms with Crippen LogP contribution in [0, 0.1) is 12.3 Å². The lowest BCUT2D eigenvalue weighted by molar-refractivity contribution is -0.154. The van der Waals surface area contributed by atoms with Crippen molar-refractivity contribution < 1.29 is 9.53 Å². The van der Waals surface area contributed by atoms with Crippen LogP contribution in [0.25, 0.3) is 0 Å². The first kappa shape index (κ1) is 12.8. The van der Waals surface area contributed by atoms with E-state index < -0.39 is 0 Å². The lowest BCUT2D eigenvalue weighted by atomic mass is 9.84. The predicted octanol–water partition coefficient (Wildman–Crippen LogP) is 3.54. The molecule has 0 spiro atoms. The molecule has 0 aliphatic carbocycles. The van der Waals surface area contributed by atoms with E-state index in [1.165, 1.54) is 0 Å². The summed E-state index contributed by atoms with van der Waals surface area (Å²) in [7, 11) is 0. The fraction of sp³-hybridized carbons (Fsp3) is 0.429. The summed E-state index contributed by atoms with van der Waals surface area (Å²) in [6.07, 6.45) is -0.0534. The normalized spacial score (nSPS) is 13.2. The molecule has 0 heterocycles. The van der Waals surface area contributed by atoms with Gasteiger partial charge in [-0.25, -0.2) is 0 Å². The van der Waals surface area contributed by atoms with Crippen molar-refractivity contribution in [3.05, 3.63) is 42.8 Å². The number of hydrogen-bond acceptors (Lipinski definition) is 2. The van der Waals surface area contributed by atoms with Gasteiger partial charge in [-0.1, -0.05) is 51.1 Å². The third kappa shape index (κ3) is 3.37. The molecule has 1 atom stereocenters. The van der Waals surface area contributed by atoms with Gasteiger partial charge in [0.1, 0.15) is 6.10 Å². The molecule has 1 unspecified atom stereocenters. The van der Waals surface area contributed by atoms with Crippen LogP contribution in [0.2, 0.25) is 0 Å². The monoisotopic (exact) mass is 219 g/mol. The number of carbonyl (C=O) groups is 1. The first-order chi connectivity index (χ1) is 7.45. The Labute approximate surface area is 97.6 Å². The van der Waals surface area contributed by atoms with Crippen molar-refractivity contribution in [2.45, 2.75) is 33.3 Å². The van der Waals surface area contributed by atoms with Gasteiger partial charge in [0.05, 0.1) is 0 Å². The highest BCUT2D eigenvalue weighted by Gasteiger charge is 2.29. The zero-order valence-electron chi connectivity index (χ0n) is 10.2. The Hall–Kier alpha value is -1.31. The first-order valence-electron chi connectivity index (χ1n) is 5.49. The Morgan fingerprint density at radius 2 is 1.88 bits per heavy atom. The molecule has 1 radical (unpaired) electrons. The molecule has 87 valence electrons. The van der Waals surface area contributed by atoms with E-state index in [2.05, 4.69) is 27.7 Å². The summed E-state index contributed by atoms with van der Waals surface area (Å²) in [5.41, 5.74) is 0.906. The zero-order chi connectivity index (χ0) is 12.2. The summed E-state index contributed by atoms with van der Waals surface area (Å²) in [5.74, 6) is -0.260. The molecule has 0 aliphatic heterocycles. The van der Waals surface area contributed by atoms with Crippen LogP contribution >= 0.6 is 0 Å². The van der Waals surface area contributed by atoms with Crippen LogP contribution < -0.4 is 0 Å². The summed E-state index contributed by atoms with van der Waals surface area (Å²) < 4.78 is 5.45. The fourth-order valence-electron chi connectivity index (χ4n) is 1.56. The Morgan fingerprint density at radius 1 is 1.31 bits per heavy atom. The number of benzene rings is 1. The topological polar surface area (TPSA) is 26.3 Å². The quantitative estimate of drug-likeness (QED) is 0.727. The van der Waals surface area contributed by atoms with E-state index in [1.54, 1.807) is 0 Å². The lowest BCUT2D eigenvalue weighted by Gasteiger charge is -2.30. The van der Waals surface area contributed by atoms with Gasteiger partial charge in [0, 0.05) is 11.8 Å². The highest BCUT2D eigenvalue weighted by molar-refractivity contribution is 5.70. The van der Waals surface area contributed by atoms with Gasteiger partial charge in [-0.2, -0.15) is 0 Å². The summed E-state index contributed by atoms with van der Waals surface area (Å²) in [6.45, 7) is 9.71. The van der Waals surface area contributed by atoms with E-state index >= 15 is 0 Å². The van der Waals surface area contributed by atoms with Gasteiger partial charge in [-0.15, -0.1) is 0 Å². The molecule has 2 heteroatoms. The lowest BCUT2D eigenvalue weighted by Crippen LogP contribution is -2.23. The van der Waals surface area contributed by atoms with Crippen molar-refractivity contribution in [3.8, 4) is 0 Å². The van der Waals surface area contributed by atoms with Gasteiger partial charge in [-0.05, 0) is 12.5 Å². The van der Waals surface area contributed by atoms with E-state index in [4.69, 9.17) is 4.74 Å². The second-order valence-electron chi connectivity index (χ2n) is 4.90. The second-order valence-corrected chi connectivity index (χ2v) is 4.90. The molecule has 0 aliphatic rings. The second kappa shape index (κ2) is 5.15. The van der Waals surface area contributed by atoms with Crippen molar-refractivity contribution >= 4 is 5.97 Å². The molecule has 16 heavy (non-hydrogen) atoms. The Balaban J connectivity index is 2.93. The summed E-state index contributed by atoms with van der Waals surface area (Å²) in [4.78, 5) is 11.4. The highest BCUT2D eigenvalue weighted by Crippen LogP contribution is 2.36. The minimum atomic E-state index is -0.260. The van der Waals surface area contributed by atoms with E-state index in [0.717, 1.165) is 5.56 Å². The van der Waals surface area contributed by atoms with Gasteiger partial charge in [0.25, 0.3) is 0 Å². The molecule has 0 saturated heterocycles. The van der Waals surface area contributed by atoms with Crippen molar-refractivity contribution in [1.82, 2.24) is 0 Å². The molecular formula is C14H19O2. The van der Waals surface area contributed by atoms with Gasteiger partial charge in [-0.3, -0.25) is 4.79 Å². The molecule has 2 nitrogen and oxygen atoms in total. The van der Waals surface area contributed by atoms with Crippen LogP contribution in [0.5, 0.6) is 0 Å². The maximum atomic E-state index is 11.4. The predicted molar refractivity (Wildman–Crippen MR) is 64.7 cm³/mol. The number of rotatable bonds is 3. The van der Waals surface area contributed by atoms with Crippen molar-refractivity contribution in [1.29, 1.82) is 0 Å². The highest BCUT2D eigenvalue weighted by atomic mass is 16.5. The largest absolute Gasteiger partial charge is 0.457 e. The average Bonchev–Trinajstić information content (AvgIpc) is 2.25. The molecule has 0 aromatic heterocycles. The SMILES string of the molecule is [CH2]CC(=O)OC(c1ccccc1)C(C)(C)C. The van der Waals surface area contributed by atoms with Crippen LogP contribution in [-0.4, -0.2) is 5.97 Å². The Kier molecular flexibility index (Phi) is 4.11. The smallest absolute Gasteiger partial charge is 0.306 e. The summed E-state index contributed by atoms with van der Waals surface area (Å²) in [5, 5.41) is 0. The number of hydrogen-bond donors (Lipinski definition) is 0. The number of ether oxygens (including phenoxy) is 1. The van der Waals surface area contributed by atoms with Crippen LogP contribution in [0.15, 0.2) is 30.3 Å². The maximum Gasteiger partial charge on any atom is 0.306 e. The van der Waals surface area contributed by atoms with Gasteiger partial charge < -0.3 is 4.74 Å². The van der Waals surface area contributed by atoms with Crippen LogP contribution in [0.3, 0.4) is 0 Å². The Bertz CT molecular complexity index is 336. The Morgan fingerprint density at radius 3 is 2.31 bits per heavy atom. The molecule has 0 saturated carbocycles. The zero-order valence-corrected chi connectivity index (χ0v) is 10.2. The van der Waals surface area contributed by atoms with E-state index in [1.807, 2.05) is 30.3 Å². The molecule has 0 fully saturated rings. The molecule has 1 aromatic carbocycles. The van der Waals surface area contributed by atoms with Crippen molar-refractivity contribution in [3.63, 3.8) is 0 Å². The van der Waals surface area contributed by atoms with Gasteiger partial charge in [0.15, 0.2) is 0 Å². The number of esters is 1. The summed E-state index contributed by atoms with van der Waals surface area (Å²) >= 11 is 0.